The van der Waals surface area contributed by atoms with Gasteiger partial charge in [-0.05, 0) is 49.3 Å². The molecule has 0 amide bonds. The molecule has 1 unspecified atom stereocenters. The Morgan fingerprint density at radius 2 is 2.10 bits per heavy atom. The minimum Gasteiger partial charge on any atom is -0.496 e. The van der Waals surface area contributed by atoms with E-state index in [0.717, 1.165) is 44.4 Å². The van der Waals surface area contributed by atoms with Gasteiger partial charge in [0.15, 0.2) is 0 Å². The van der Waals surface area contributed by atoms with E-state index in [2.05, 4.69) is 24.4 Å². The van der Waals surface area contributed by atoms with Gasteiger partial charge in [0.05, 0.1) is 13.7 Å². The summed E-state index contributed by atoms with van der Waals surface area (Å²) in [5.41, 5.74) is 1.27. The molecule has 1 N–H and O–H groups in total. The van der Waals surface area contributed by atoms with Crippen molar-refractivity contribution in [3.63, 3.8) is 0 Å². The summed E-state index contributed by atoms with van der Waals surface area (Å²) in [5, 5.41) is 3.44. The topological polar surface area (TPSA) is 30.5 Å². The summed E-state index contributed by atoms with van der Waals surface area (Å²) in [6, 6.07) is 8.28. The zero-order chi connectivity index (χ0) is 14.2. The minimum atomic E-state index is 0.505. The molecule has 20 heavy (non-hydrogen) atoms. The molecular formula is C17H27NO2. The van der Waals surface area contributed by atoms with Crippen LogP contribution in [0.4, 0.5) is 0 Å². The number of hydrogen-bond donors (Lipinski definition) is 1. The molecule has 3 nitrogen and oxygen atoms in total. The maximum absolute atomic E-state index is 5.88. The van der Waals surface area contributed by atoms with Crippen LogP contribution in [-0.4, -0.2) is 33.4 Å². The summed E-state index contributed by atoms with van der Waals surface area (Å²) in [6.45, 7) is 5.92. The van der Waals surface area contributed by atoms with Crippen molar-refractivity contribution in [2.75, 3.05) is 33.4 Å². The molecule has 0 heterocycles. The number of ether oxygens (including phenoxy) is 2. The molecule has 0 aromatic heterocycles. The first kappa shape index (κ1) is 15.3. The fourth-order valence-electron chi connectivity index (χ4n) is 2.41. The van der Waals surface area contributed by atoms with Crippen LogP contribution in [0.3, 0.4) is 0 Å². The van der Waals surface area contributed by atoms with Crippen molar-refractivity contribution in [1.29, 1.82) is 0 Å². The minimum absolute atomic E-state index is 0.505. The third kappa shape index (κ3) is 5.14. The molecule has 1 atom stereocenters. The third-order valence-electron chi connectivity index (χ3n) is 3.79. The Morgan fingerprint density at radius 3 is 2.80 bits per heavy atom. The van der Waals surface area contributed by atoms with Gasteiger partial charge in [0.25, 0.3) is 0 Å². The van der Waals surface area contributed by atoms with E-state index >= 15 is 0 Å². The van der Waals surface area contributed by atoms with Gasteiger partial charge in [-0.2, -0.15) is 0 Å². The van der Waals surface area contributed by atoms with Crippen LogP contribution in [0.5, 0.6) is 5.75 Å². The first-order chi connectivity index (χ1) is 9.83. The van der Waals surface area contributed by atoms with Gasteiger partial charge >= 0.3 is 0 Å². The second kappa shape index (κ2) is 8.28. The predicted molar refractivity (Wildman–Crippen MR) is 82.3 cm³/mol. The standard InChI is InChI=1S/C17H27NO2/c1-3-18-11-15(13-20-12-14-8-9-14)10-16-6-4-5-7-17(16)19-2/h4-7,14-15,18H,3,8-13H2,1-2H3. The average Bonchev–Trinajstić information content (AvgIpc) is 3.29. The normalized spacial score (nSPS) is 16.1. The van der Waals surface area contributed by atoms with Crippen LogP contribution in [0.1, 0.15) is 25.3 Å². The summed E-state index contributed by atoms with van der Waals surface area (Å²) < 4.78 is 11.3. The molecule has 0 bridgehead atoms. The molecule has 1 saturated carbocycles. The molecule has 3 heteroatoms. The van der Waals surface area contributed by atoms with E-state index in [0.29, 0.717) is 5.92 Å². The molecule has 2 rings (SSSR count). The summed E-state index contributed by atoms with van der Waals surface area (Å²) in [7, 11) is 1.74. The highest BCUT2D eigenvalue weighted by atomic mass is 16.5. The molecule has 0 radical (unpaired) electrons. The lowest BCUT2D eigenvalue weighted by molar-refractivity contribution is 0.0907. The van der Waals surface area contributed by atoms with Gasteiger partial charge < -0.3 is 14.8 Å². The van der Waals surface area contributed by atoms with Crippen LogP contribution in [-0.2, 0) is 11.2 Å². The van der Waals surface area contributed by atoms with Crippen LogP contribution in [0.15, 0.2) is 24.3 Å². The van der Waals surface area contributed by atoms with Gasteiger partial charge in [-0.25, -0.2) is 0 Å². The Balaban J connectivity index is 1.86. The molecule has 0 aliphatic heterocycles. The summed E-state index contributed by atoms with van der Waals surface area (Å²) >= 11 is 0. The molecule has 1 fully saturated rings. The zero-order valence-corrected chi connectivity index (χ0v) is 12.7. The highest BCUT2D eigenvalue weighted by Crippen LogP contribution is 2.29. The molecular weight excluding hydrogens is 250 g/mol. The molecule has 1 aliphatic rings. The molecule has 0 saturated heterocycles. The highest BCUT2D eigenvalue weighted by molar-refractivity contribution is 5.33. The predicted octanol–water partition coefficient (Wildman–Crippen LogP) is 2.89. The molecule has 1 aromatic rings. The van der Waals surface area contributed by atoms with E-state index in [9.17, 15) is 0 Å². The van der Waals surface area contributed by atoms with E-state index in [1.54, 1.807) is 7.11 Å². The number of hydrogen-bond acceptors (Lipinski definition) is 3. The van der Waals surface area contributed by atoms with Gasteiger partial charge in [-0.1, -0.05) is 25.1 Å². The van der Waals surface area contributed by atoms with Crippen molar-refractivity contribution in [1.82, 2.24) is 5.32 Å². The van der Waals surface area contributed by atoms with Crippen LogP contribution in [0.2, 0.25) is 0 Å². The Hall–Kier alpha value is -1.06. The van der Waals surface area contributed by atoms with Crippen molar-refractivity contribution in [2.24, 2.45) is 11.8 Å². The van der Waals surface area contributed by atoms with Gasteiger partial charge in [0.1, 0.15) is 5.75 Å². The average molecular weight is 277 g/mol. The van der Waals surface area contributed by atoms with E-state index in [4.69, 9.17) is 9.47 Å². The van der Waals surface area contributed by atoms with Crippen LogP contribution >= 0.6 is 0 Å². The van der Waals surface area contributed by atoms with Crippen molar-refractivity contribution in [2.45, 2.75) is 26.2 Å². The second-order valence-electron chi connectivity index (χ2n) is 5.67. The largest absolute Gasteiger partial charge is 0.496 e. The van der Waals surface area contributed by atoms with E-state index < -0.39 is 0 Å². The van der Waals surface area contributed by atoms with Crippen molar-refractivity contribution < 1.29 is 9.47 Å². The van der Waals surface area contributed by atoms with Gasteiger partial charge in [-0.3, -0.25) is 0 Å². The van der Waals surface area contributed by atoms with Crippen molar-refractivity contribution in [3.05, 3.63) is 29.8 Å². The SMILES string of the molecule is CCNCC(COCC1CC1)Cc1ccccc1OC. The first-order valence-electron chi connectivity index (χ1n) is 7.73. The number of rotatable bonds is 10. The lowest BCUT2D eigenvalue weighted by Crippen LogP contribution is -2.28. The van der Waals surface area contributed by atoms with Crippen LogP contribution < -0.4 is 10.1 Å². The lowest BCUT2D eigenvalue weighted by atomic mass is 9.99. The summed E-state index contributed by atoms with van der Waals surface area (Å²) in [6.07, 6.45) is 3.70. The van der Waals surface area contributed by atoms with Crippen molar-refractivity contribution in [3.8, 4) is 5.75 Å². The Labute approximate surface area is 122 Å². The fourth-order valence-corrected chi connectivity index (χ4v) is 2.41. The number of methoxy groups -OCH3 is 1. The van der Waals surface area contributed by atoms with E-state index in [1.807, 2.05) is 12.1 Å². The van der Waals surface area contributed by atoms with Crippen LogP contribution in [0, 0.1) is 11.8 Å². The Bertz CT molecular complexity index is 390. The van der Waals surface area contributed by atoms with Gasteiger partial charge in [0.2, 0.25) is 0 Å². The fraction of sp³-hybridized carbons (Fsp3) is 0.647. The van der Waals surface area contributed by atoms with Gasteiger partial charge in [0, 0.05) is 13.2 Å². The summed E-state index contributed by atoms with van der Waals surface area (Å²) in [4.78, 5) is 0. The van der Waals surface area contributed by atoms with E-state index in [1.165, 1.54) is 18.4 Å². The zero-order valence-electron chi connectivity index (χ0n) is 12.7. The molecule has 1 aliphatic carbocycles. The number of nitrogens with one attached hydrogen (secondary N) is 1. The summed E-state index contributed by atoms with van der Waals surface area (Å²) in [5.74, 6) is 2.32. The lowest BCUT2D eigenvalue weighted by Gasteiger charge is -2.19. The maximum Gasteiger partial charge on any atom is 0.122 e. The Morgan fingerprint density at radius 1 is 1.30 bits per heavy atom. The molecule has 112 valence electrons. The Kier molecular flexibility index (Phi) is 6.34. The highest BCUT2D eigenvalue weighted by Gasteiger charge is 2.22. The smallest absolute Gasteiger partial charge is 0.122 e. The number of benzene rings is 1. The molecule has 0 spiro atoms. The van der Waals surface area contributed by atoms with Crippen LogP contribution in [0.25, 0.3) is 0 Å². The molecule has 1 aromatic carbocycles. The third-order valence-corrected chi connectivity index (χ3v) is 3.79. The number of para-hydroxylation sites is 1. The van der Waals surface area contributed by atoms with Gasteiger partial charge in [-0.15, -0.1) is 0 Å². The van der Waals surface area contributed by atoms with Crippen molar-refractivity contribution >= 4 is 0 Å². The monoisotopic (exact) mass is 277 g/mol. The quantitative estimate of drug-likeness (QED) is 0.713. The van der Waals surface area contributed by atoms with E-state index in [-0.39, 0.29) is 0 Å². The maximum atomic E-state index is 5.88. The second-order valence-corrected chi connectivity index (χ2v) is 5.67. The first-order valence-corrected chi connectivity index (χ1v) is 7.73.